The van der Waals surface area contributed by atoms with Gasteiger partial charge in [-0.15, -0.1) is 0 Å². The van der Waals surface area contributed by atoms with Gasteiger partial charge in [0.15, 0.2) is 0 Å². The van der Waals surface area contributed by atoms with Gasteiger partial charge in [0.25, 0.3) is 0 Å². The molecule has 0 bridgehead atoms. The van der Waals surface area contributed by atoms with Gasteiger partial charge in [0, 0.05) is 17.6 Å². The van der Waals surface area contributed by atoms with E-state index in [0.29, 0.717) is 22.8 Å². The number of nitrogens with one attached hydrogen (secondary N) is 2. The van der Waals surface area contributed by atoms with Crippen molar-refractivity contribution in [1.29, 1.82) is 0 Å². The lowest BCUT2D eigenvalue weighted by molar-refractivity contribution is -0.137. The molecule has 0 saturated carbocycles. The van der Waals surface area contributed by atoms with Crippen molar-refractivity contribution in [3.63, 3.8) is 0 Å². The zero-order chi connectivity index (χ0) is 21.6. The number of para-hydroxylation sites is 1. The molecule has 1 aromatic heterocycles. The Balaban J connectivity index is 1.95. The van der Waals surface area contributed by atoms with Crippen LogP contribution in [0.4, 0.5) is 42.0 Å². The van der Waals surface area contributed by atoms with Crippen molar-refractivity contribution in [2.24, 2.45) is 4.99 Å². The fourth-order valence-corrected chi connectivity index (χ4v) is 2.51. The molecular weight excluding hydrogens is 391 g/mol. The van der Waals surface area contributed by atoms with Crippen LogP contribution in [0.2, 0.25) is 0 Å². The number of allylic oxidation sites excluding steroid dienone is 2. The third kappa shape index (κ3) is 5.32. The summed E-state index contributed by atoms with van der Waals surface area (Å²) in [4.78, 5) is 12.1. The maximum atomic E-state index is 13.5. The number of rotatable bonds is 7. The van der Waals surface area contributed by atoms with Crippen molar-refractivity contribution in [2.45, 2.75) is 6.18 Å². The van der Waals surface area contributed by atoms with Crippen LogP contribution >= 0.6 is 0 Å². The summed E-state index contributed by atoms with van der Waals surface area (Å²) in [6.07, 6.45) is -0.819. The number of hydrogen-bond acceptors (Lipinski definition) is 5. The van der Waals surface area contributed by atoms with Crippen LogP contribution < -0.4 is 10.6 Å². The summed E-state index contributed by atoms with van der Waals surface area (Å²) in [7, 11) is 0. The molecular formula is C22H18F3N5. The lowest BCUT2D eigenvalue weighted by Gasteiger charge is -2.15. The van der Waals surface area contributed by atoms with Crippen molar-refractivity contribution >= 4 is 34.5 Å². The van der Waals surface area contributed by atoms with E-state index in [9.17, 15) is 13.2 Å². The highest BCUT2D eigenvalue weighted by atomic mass is 19.4. The Bertz CT molecular complexity index is 1070. The van der Waals surface area contributed by atoms with Gasteiger partial charge in [-0.05, 0) is 42.5 Å². The van der Waals surface area contributed by atoms with Gasteiger partial charge in [0.05, 0.1) is 11.4 Å². The highest BCUT2D eigenvalue weighted by Crippen LogP contribution is 2.35. The normalized spacial score (nSPS) is 10.8. The van der Waals surface area contributed by atoms with Gasteiger partial charge in [-0.3, -0.25) is 0 Å². The monoisotopic (exact) mass is 409 g/mol. The van der Waals surface area contributed by atoms with E-state index in [-0.39, 0.29) is 11.8 Å². The lowest BCUT2D eigenvalue weighted by Crippen LogP contribution is -2.12. The van der Waals surface area contributed by atoms with Gasteiger partial charge < -0.3 is 10.6 Å². The van der Waals surface area contributed by atoms with Gasteiger partial charge >= 0.3 is 6.18 Å². The average molecular weight is 409 g/mol. The zero-order valence-corrected chi connectivity index (χ0v) is 15.8. The molecule has 0 saturated heterocycles. The molecule has 0 aliphatic heterocycles. The van der Waals surface area contributed by atoms with Gasteiger partial charge in [0.1, 0.15) is 11.4 Å². The number of benzene rings is 2. The highest BCUT2D eigenvalue weighted by Gasteiger charge is 2.35. The Morgan fingerprint density at radius 3 is 2.30 bits per heavy atom. The number of alkyl halides is 3. The van der Waals surface area contributed by atoms with E-state index < -0.39 is 11.7 Å². The SMILES string of the molecule is C=CC(C=C)=Nc1cccc(Nc2nc(Nc3ccccc3)ncc2C(F)(F)F)c1. The quantitative estimate of drug-likeness (QED) is 0.442. The molecule has 3 aromatic rings. The molecule has 0 amide bonds. The molecule has 152 valence electrons. The van der Waals surface area contributed by atoms with Crippen molar-refractivity contribution in [2.75, 3.05) is 10.6 Å². The largest absolute Gasteiger partial charge is 0.421 e. The van der Waals surface area contributed by atoms with Crippen LogP contribution in [0.5, 0.6) is 0 Å². The molecule has 0 aliphatic rings. The molecule has 0 radical (unpaired) electrons. The number of aliphatic imine (C=N–C) groups is 1. The van der Waals surface area contributed by atoms with Gasteiger partial charge in [-0.1, -0.05) is 37.4 Å². The molecule has 1 heterocycles. The molecule has 2 N–H and O–H groups in total. The summed E-state index contributed by atoms with van der Waals surface area (Å²) in [6.45, 7) is 7.27. The second-order valence-corrected chi connectivity index (χ2v) is 6.06. The number of anilines is 4. The number of aromatic nitrogens is 2. The standard InChI is InChI=1S/C22H18F3N5/c1-3-15(4-2)27-17-11-8-12-18(13-17)28-20-19(22(23,24)25)14-26-21(30-20)29-16-9-6-5-7-10-16/h3-14H,1-2H2,(H2,26,28,29,30). The summed E-state index contributed by atoms with van der Waals surface area (Å²) in [6, 6.07) is 15.5. The summed E-state index contributed by atoms with van der Waals surface area (Å²) >= 11 is 0. The number of nitrogens with zero attached hydrogens (tertiary/aromatic N) is 3. The van der Waals surface area contributed by atoms with Crippen LogP contribution in [0.3, 0.4) is 0 Å². The second-order valence-electron chi connectivity index (χ2n) is 6.06. The topological polar surface area (TPSA) is 62.2 Å². The molecule has 0 spiro atoms. The molecule has 3 rings (SSSR count). The first-order valence-corrected chi connectivity index (χ1v) is 8.86. The molecule has 30 heavy (non-hydrogen) atoms. The van der Waals surface area contributed by atoms with Crippen LogP contribution in [-0.2, 0) is 6.18 Å². The van der Waals surface area contributed by atoms with E-state index in [1.54, 1.807) is 48.5 Å². The molecule has 0 fully saturated rings. The van der Waals surface area contributed by atoms with Gasteiger partial charge in [-0.25, -0.2) is 9.98 Å². The van der Waals surface area contributed by atoms with E-state index in [0.717, 1.165) is 6.20 Å². The van der Waals surface area contributed by atoms with Crippen LogP contribution in [0.15, 0.2) is 91.1 Å². The third-order valence-corrected chi connectivity index (χ3v) is 3.91. The number of hydrogen-bond donors (Lipinski definition) is 2. The first-order valence-electron chi connectivity index (χ1n) is 8.86. The Hall–Kier alpha value is -3.94. The van der Waals surface area contributed by atoms with Gasteiger partial charge in [-0.2, -0.15) is 18.2 Å². The van der Waals surface area contributed by atoms with E-state index in [2.05, 4.69) is 38.8 Å². The first-order chi connectivity index (χ1) is 14.4. The summed E-state index contributed by atoms with van der Waals surface area (Å²) in [5.74, 6) is -0.337. The predicted molar refractivity (Wildman–Crippen MR) is 114 cm³/mol. The fraction of sp³-hybridized carbons (Fsp3) is 0.0455. The van der Waals surface area contributed by atoms with Crippen LogP contribution in [0.1, 0.15) is 5.56 Å². The molecule has 5 nitrogen and oxygen atoms in total. The minimum atomic E-state index is -4.62. The Kier molecular flexibility index (Phi) is 6.26. The Labute approximate surface area is 171 Å². The minimum Gasteiger partial charge on any atom is -0.339 e. The molecule has 0 unspecified atom stereocenters. The van der Waals surface area contributed by atoms with Crippen molar-refractivity contribution in [3.05, 3.63) is 91.7 Å². The van der Waals surface area contributed by atoms with E-state index in [1.807, 2.05) is 6.07 Å². The summed E-state index contributed by atoms with van der Waals surface area (Å²) in [5.41, 5.74) is 1.13. The number of halogens is 3. The average Bonchev–Trinajstić information content (AvgIpc) is 2.72. The molecule has 0 aliphatic carbocycles. The Morgan fingerprint density at radius 1 is 0.933 bits per heavy atom. The molecule has 8 heteroatoms. The maximum absolute atomic E-state index is 13.5. The van der Waals surface area contributed by atoms with Crippen LogP contribution in [0.25, 0.3) is 0 Å². The molecule has 2 aromatic carbocycles. The molecule has 0 atom stereocenters. The lowest BCUT2D eigenvalue weighted by atomic mass is 10.2. The van der Waals surface area contributed by atoms with E-state index in [1.165, 1.54) is 12.2 Å². The van der Waals surface area contributed by atoms with Crippen molar-refractivity contribution < 1.29 is 13.2 Å². The van der Waals surface area contributed by atoms with E-state index in [4.69, 9.17) is 0 Å². The summed E-state index contributed by atoms with van der Waals surface area (Å²) < 4.78 is 40.4. The maximum Gasteiger partial charge on any atom is 0.421 e. The zero-order valence-electron chi connectivity index (χ0n) is 15.8. The Morgan fingerprint density at radius 2 is 1.63 bits per heavy atom. The van der Waals surface area contributed by atoms with Crippen LogP contribution in [0, 0.1) is 0 Å². The highest BCUT2D eigenvalue weighted by molar-refractivity contribution is 6.04. The summed E-state index contributed by atoms with van der Waals surface area (Å²) in [5, 5.41) is 5.61. The second kappa shape index (κ2) is 9.04. The smallest absolute Gasteiger partial charge is 0.339 e. The predicted octanol–water partition coefficient (Wildman–Crippen LogP) is 6.43. The van der Waals surface area contributed by atoms with Crippen molar-refractivity contribution in [3.8, 4) is 0 Å². The van der Waals surface area contributed by atoms with Gasteiger partial charge in [0.2, 0.25) is 5.95 Å². The third-order valence-electron chi connectivity index (χ3n) is 3.91. The first kappa shape index (κ1) is 20.8. The van der Waals surface area contributed by atoms with Crippen molar-refractivity contribution in [1.82, 2.24) is 9.97 Å². The van der Waals surface area contributed by atoms with Crippen LogP contribution in [-0.4, -0.2) is 15.7 Å². The fourth-order valence-electron chi connectivity index (χ4n) is 2.51. The van der Waals surface area contributed by atoms with E-state index >= 15 is 0 Å². The minimum absolute atomic E-state index is 0.0338.